The molecule has 3 aromatic heterocycles. The minimum absolute atomic E-state index is 0.0258. The number of hydrogen-bond donors (Lipinski definition) is 2. The summed E-state index contributed by atoms with van der Waals surface area (Å²) in [5, 5.41) is 13.4. The number of pyridine rings is 1. The lowest BCUT2D eigenvalue weighted by Gasteiger charge is -2.23. The van der Waals surface area contributed by atoms with Crippen molar-refractivity contribution in [1.82, 2.24) is 44.7 Å². The average Bonchev–Trinajstić information content (AvgIpc) is 3.64. The second-order valence-corrected chi connectivity index (χ2v) is 9.90. The van der Waals surface area contributed by atoms with Gasteiger partial charge in [0, 0.05) is 23.2 Å². The third-order valence-electron chi connectivity index (χ3n) is 6.20. The molecule has 1 aromatic carbocycles. The molecule has 214 valence electrons. The lowest BCUT2D eigenvalue weighted by molar-refractivity contribution is -0.164. The molecule has 1 fully saturated rings. The van der Waals surface area contributed by atoms with Crippen molar-refractivity contribution in [2.24, 2.45) is 0 Å². The number of carbonyl (C=O) groups is 2. The van der Waals surface area contributed by atoms with Crippen molar-refractivity contribution in [3.8, 4) is 17.2 Å². The van der Waals surface area contributed by atoms with Crippen LogP contribution in [-0.4, -0.2) is 64.2 Å². The van der Waals surface area contributed by atoms with Crippen molar-refractivity contribution in [3.05, 3.63) is 75.3 Å². The van der Waals surface area contributed by atoms with Crippen LogP contribution in [0.15, 0.2) is 53.7 Å². The van der Waals surface area contributed by atoms with E-state index in [1.807, 2.05) is 5.32 Å². The van der Waals surface area contributed by atoms with Crippen molar-refractivity contribution >= 4 is 35.0 Å². The maximum atomic E-state index is 14.1. The summed E-state index contributed by atoms with van der Waals surface area (Å²) in [5.41, 5.74) is -0.598. The summed E-state index contributed by atoms with van der Waals surface area (Å²) in [6, 6.07) is 5.66. The summed E-state index contributed by atoms with van der Waals surface area (Å²) in [5.74, 6) is -1.14. The normalized spacial score (nSPS) is 16.0. The van der Waals surface area contributed by atoms with Gasteiger partial charge in [-0.05, 0) is 42.8 Å². The number of rotatable bonds is 8. The molecule has 4 heterocycles. The summed E-state index contributed by atoms with van der Waals surface area (Å²) >= 11 is 12.1. The number of hydrogen-bond acceptors (Lipinski definition) is 7. The third-order valence-corrected chi connectivity index (χ3v) is 6.75. The Balaban J connectivity index is 1.48. The number of nitrogens with zero attached hydrogens (tertiary/aromatic N) is 7. The first-order valence-corrected chi connectivity index (χ1v) is 12.9. The molecule has 1 saturated heterocycles. The van der Waals surface area contributed by atoms with Gasteiger partial charge in [-0.2, -0.15) is 13.2 Å². The van der Waals surface area contributed by atoms with Crippen molar-refractivity contribution < 1.29 is 22.8 Å². The second kappa shape index (κ2) is 11.3. The molecule has 0 spiro atoms. The van der Waals surface area contributed by atoms with Crippen LogP contribution in [0, 0.1) is 0 Å². The first-order chi connectivity index (χ1) is 19.5. The molecule has 0 aliphatic carbocycles. The Kier molecular flexibility index (Phi) is 7.82. The fraction of sp³-hybridized carbons (Fsp3) is 0.292. The van der Waals surface area contributed by atoms with E-state index in [1.54, 1.807) is 12.1 Å². The molecule has 1 unspecified atom stereocenters. The standard InChI is InChI=1S/C24H20Cl2F3N9O3/c25-14-5-3-13(4-6-14)20-35-37(11-18-31-12-38(34-18)21-15(26)2-1-9-30-21)23(41)36(20)10-17(24(27,28)29)33-22(40)16-7-8-19(39)32-16/h1-6,9,12,16-17H,7-8,10-11H2,(H,32,39)(H,33,40)/t16-,17?/m0/s1. The Morgan fingerprint density at radius 1 is 1.12 bits per heavy atom. The maximum Gasteiger partial charge on any atom is 0.410 e. The zero-order chi connectivity index (χ0) is 29.3. The number of alkyl halides is 3. The van der Waals surface area contributed by atoms with Gasteiger partial charge < -0.3 is 10.6 Å². The van der Waals surface area contributed by atoms with Gasteiger partial charge in [0.15, 0.2) is 17.5 Å². The van der Waals surface area contributed by atoms with E-state index in [-0.39, 0.29) is 36.9 Å². The molecule has 2 N–H and O–H groups in total. The third kappa shape index (κ3) is 6.25. The van der Waals surface area contributed by atoms with Gasteiger partial charge in [-0.25, -0.2) is 24.1 Å². The van der Waals surface area contributed by atoms with Gasteiger partial charge in [0.25, 0.3) is 0 Å². The Labute approximate surface area is 239 Å². The Morgan fingerprint density at radius 2 is 1.88 bits per heavy atom. The topological polar surface area (TPSA) is 142 Å². The minimum Gasteiger partial charge on any atom is -0.344 e. The van der Waals surface area contributed by atoms with Crippen LogP contribution in [0.1, 0.15) is 18.7 Å². The highest BCUT2D eigenvalue weighted by Gasteiger charge is 2.43. The van der Waals surface area contributed by atoms with Gasteiger partial charge in [0.05, 0.1) is 11.6 Å². The molecule has 4 aromatic rings. The van der Waals surface area contributed by atoms with Gasteiger partial charge in [-0.15, -0.1) is 10.2 Å². The van der Waals surface area contributed by atoms with Crippen molar-refractivity contribution in [2.75, 3.05) is 0 Å². The molecule has 0 radical (unpaired) electrons. The van der Waals surface area contributed by atoms with Gasteiger partial charge >= 0.3 is 11.9 Å². The highest BCUT2D eigenvalue weighted by Crippen LogP contribution is 2.25. The Morgan fingerprint density at radius 3 is 2.54 bits per heavy atom. The number of carbonyl (C=O) groups excluding carboxylic acids is 2. The van der Waals surface area contributed by atoms with E-state index >= 15 is 0 Å². The average molecular weight is 610 g/mol. The fourth-order valence-corrected chi connectivity index (χ4v) is 4.50. The number of nitrogens with one attached hydrogen (secondary N) is 2. The van der Waals surface area contributed by atoms with Crippen molar-refractivity contribution in [3.63, 3.8) is 0 Å². The van der Waals surface area contributed by atoms with E-state index in [4.69, 9.17) is 23.2 Å². The molecular formula is C24H20Cl2F3N9O3. The van der Waals surface area contributed by atoms with Crippen LogP contribution >= 0.6 is 23.2 Å². The molecular weight excluding hydrogens is 590 g/mol. The molecule has 2 amide bonds. The van der Waals surface area contributed by atoms with Gasteiger partial charge in [0.2, 0.25) is 11.8 Å². The van der Waals surface area contributed by atoms with Crippen LogP contribution in [0.2, 0.25) is 10.0 Å². The van der Waals surface area contributed by atoms with Crippen LogP contribution in [0.5, 0.6) is 0 Å². The molecule has 17 heteroatoms. The summed E-state index contributed by atoms with van der Waals surface area (Å²) in [6.07, 6.45) is -2.02. The molecule has 2 atom stereocenters. The number of benzene rings is 1. The van der Waals surface area contributed by atoms with E-state index in [0.29, 0.717) is 15.6 Å². The second-order valence-electron chi connectivity index (χ2n) is 9.06. The zero-order valence-electron chi connectivity index (χ0n) is 20.8. The molecule has 1 aliphatic rings. The minimum atomic E-state index is -4.93. The predicted molar refractivity (Wildman–Crippen MR) is 139 cm³/mol. The monoisotopic (exact) mass is 609 g/mol. The van der Waals surface area contributed by atoms with Gasteiger partial charge in [-0.3, -0.25) is 14.2 Å². The Hall–Kier alpha value is -4.24. The van der Waals surface area contributed by atoms with Crippen molar-refractivity contribution in [1.29, 1.82) is 0 Å². The van der Waals surface area contributed by atoms with Gasteiger partial charge in [0.1, 0.15) is 25.0 Å². The summed E-state index contributed by atoms with van der Waals surface area (Å²) in [6.45, 7) is -1.28. The van der Waals surface area contributed by atoms with E-state index in [9.17, 15) is 27.6 Å². The maximum absolute atomic E-state index is 14.1. The SMILES string of the molecule is O=C1CC[C@@H](C(=O)NC(Cn2c(-c3ccc(Cl)cc3)nn(Cc3ncn(-c4ncccc4Cl)n3)c2=O)C(F)(F)F)N1. The molecule has 1 aliphatic heterocycles. The highest BCUT2D eigenvalue weighted by atomic mass is 35.5. The first-order valence-electron chi connectivity index (χ1n) is 12.1. The summed E-state index contributed by atoms with van der Waals surface area (Å²) in [4.78, 5) is 45.7. The van der Waals surface area contributed by atoms with Crippen LogP contribution in [0.25, 0.3) is 17.2 Å². The van der Waals surface area contributed by atoms with Crippen molar-refractivity contribution in [2.45, 2.75) is 44.2 Å². The molecule has 5 rings (SSSR count). The van der Waals surface area contributed by atoms with Gasteiger partial charge in [-0.1, -0.05) is 23.2 Å². The zero-order valence-corrected chi connectivity index (χ0v) is 22.4. The quantitative estimate of drug-likeness (QED) is 0.312. The van der Waals surface area contributed by atoms with E-state index in [0.717, 1.165) is 9.25 Å². The predicted octanol–water partition coefficient (Wildman–Crippen LogP) is 2.37. The number of aromatic nitrogens is 7. The summed E-state index contributed by atoms with van der Waals surface area (Å²) < 4.78 is 45.3. The molecule has 12 nitrogen and oxygen atoms in total. The van der Waals surface area contributed by atoms with Crippen LogP contribution in [0.4, 0.5) is 13.2 Å². The van der Waals surface area contributed by atoms with E-state index < -0.39 is 42.3 Å². The first kappa shape index (κ1) is 28.3. The number of amides is 2. The lowest BCUT2D eigenvalue weighted by atomic mass is 10.1. The van der Waals surface area contributed by atoms with E-state index in [1.165, 1.54) is 41.5 Å². The Bertz CT molecular complexity index is 1650. The highest BCUT2D eigenvalue weighted by molar-refractivity contribution is 6.32. The summed E-state index contributed by atoms with van der Waals surface area (Å²) in [7, 11) is 0. The largest absolute Gasteiger partial charge is 0.410 e. The van der Waals surface area contributed by atoms with E-state index in [2.05, 4.69) is 25.5 Å². The van der Waals surface area contributed by atoms with Crippen LogP contribution in [0.3, 0.4) is 0 Å². The number of halogens is 5. The lowest BCUT2D eigenvalue weighted by Crippen LogP contribution is -2.53. The molecule has 0 saturated carbocycles. The molecule has 0 bridgehead atoms. The van der Waals surface area contributed by atoms with Crippen LogP contribution < -0.4 is 16.3 Å². The molecule has 41 heavy (non-hydrogen) atoms. The smallest absolute Gasteiger partial charge is 0.344 e. The van der Waals surface area contributed by atoms with Crippen LogP contribution in [-0.2, 0) is 22.7 Å². The fourth-order valence-electron chi connectivity index (χ4n) is 4.17.